The van der Waals surface area contributed by atoms with Gasteiger partial charge in [-0.15, -0.1) is 0 Å². The van der Waals surface area contributed by atoms with Crippen molar-refractivity contribution in [3.63, 3.8) is 0 Å². The van der Waals surface area contributed by atoms with Crippen LogP contribution in [0, 0.1) is 0 Å². The van der Waals surface area contributed by atoms with Crippen molar-refractivity contribution in [2.75, 3.05) is 24.5 Å². The number of hydrogen-bond acceptors (Lipinski definition) is 3. The molecule has 1 aromatic carbocycles. The van der Waals surface area contributed by atoms with E-state index in [0.29, 0.717) is 0 Å². The number of aromatic nitrogens is 2. The lowest BCUT2D eigenvalue weighted by atomic mass is 10.1. The van der Waals surface area contributed by atoms with Gasteiger partial charge in [-0.25, -0.2) is 0 Å². The quantitative estimate of drug-likeness (QED) is 0.940. The number of rotatable bonds is 3. The Kier molecular flexibility index (Phi) is 3.97. The molecule has 112 valence electrons. The molecule has 0 unspecified atom stereocenters. The molecule has 4 heteroatoms. The van der Waals surface area contributed by atoms with Crippen LogP contribution in [0.2, 0.25) is 0 Å². The highest BCUT2D eigenvalue weighted by Crippen LogP contribution is 2.19. The van der Waals surface area contributed by atoms with Crippen molar-refractivity contribution in [1.82, 2.24) is 15.1 Å². The average molecular weight is 284 g/mol. The van der Waals surface area contributed by atoms with E-state index in [1.807, 2.05) is 16.9 Å². The zero-order chi connectivity index (χ0) is 14.7. The third kappa shape index (κ3) is 3.64. The van der Waals surface area contributed by atoms with Crippen molar-refractivity contribution in [3.8, 4) is 0 Å². The lowest BCUT2D eigenvalue weighted by molar-refractivity contribution is 0.416. The Hall–Kier alpha value is -1.81. The predicted octanol–water partition coefficient (Wildman–Crippen LogP) is 2.51. The van der Waals surface area contributed by atoms with Gasteiger partial charge >= 0.3 is 0 Å². The number of nitrogens with zero attached hydrogens (tertiary/aromatic N) is 3. The molecule has 1 N–H and O–H groups in total. The maximum absolute atomic E-state index is 4.52. The largest absolute Gasteiger partial charge is 0.367 e. The van der Waals surface area contributed by atoms with E-state index in [1.165, 1.54) is 17.7 Å². The Morgan fingerprint density at radius 1 is 1.24 bits per heavy atom. The van der Waals surface area contributed by atoms with Crippen molar-refractivity contribution in [3.05, 3.63) is 48.3 Å². The van der Waals surface area contributed by atoms with Crippen LogP contribution in [0.5, 0.6) is 0 Å². The van der Waals surface area contributed by atoms with E-state index < -0.39 is 0 Å². The smallest absolute Gasteiger partial charge is 0.0753 e. The van der Waals surface area contributed by atoms with Crippen LogP contribution in [0.1, 0.15) is 25.8 Å². The van der Waals surface area contributed by atoms with Gasteiger partial charge in [0.15, 0.2) is 0 Å². The molecule has 0 spiro atoms. The molecule has 0 amide bonds. The van der Waals surface area contributed by atoms with E-state index in [-0.39, 0.29) is 5.54 Å². The molecule has 0 atom stereocenters. The van der Waals surface area contributed by atoms with Crippen LogP contribution >= 0.6 is 0 Å². The number of anilines is 1. The highest BCUT2D eigenvalue weighted by molar-refractivity contribution is 5.43. The first kappa shape index (κ1) is 14.1. The summed E-state index contributed by atoms with van der Waals surface area (Å²) in [5, 5.41) is 8.12. The second kappa shape index (κ2) is 5.90. The topological polar surface area (TPSA) is 33.1 Å². The summed E-state index contributed by atoms with van der Waals surface area (Å²) in [6.07, 6.45) is 5.33. The Labute approximate surface area is 126 Å². The summed E-state index contributed by atoms with van der Waals surface area (Å²) in [6.45, 7) is 8.55. The Morgan fingerprint density at radius 3 is 2.86 bits per heavy atom. The standard InChI is InChI=1S/C17H24N4/c1-17(2)14-20(10-6-9-18-17)16-11-19-21(13-16)12-15-7-4-3-5-8-15/h3-5,7-8,11,13,18H,6,9-10,12,14H2,1-2H3. The maximum Gasteiger partial charge on any atom is 0.0753 e. The summed E-state index contributed by atoms with van der Waals surface area (Å²) in [5.74, 6) is 0. The molecule has 2 heterocycles. The van der Waals surface area contributed by atoms with Crippen molar-refractivity contribution < 1.29 is 0 Å². The maximum atomic E-state index is 4.52. The molecular weight excluding hydrogens is 260 g/mol. The van der Waals surface area contributed by atoms with Gasteiger partial charge in [-0.3, -0.25) is 4.68 Å². The third-order valence-electron chi connectivity index (χ3n) is 3.97. The van der Waals surface area contributed by atoms with Crippen LogP contribution in [0.15, 0.2) is 42.7 Å². The summed E-state index contributed by atoms with van der Waals surface area (Å²) in [5.41, 5.74) is 2.66. The summed E-state index contributed by atoms with van der Waals surface area (Å²) >= 11 is 0. The molecule has 3 rings (SSSR count). The lowest BCUT2D eigenvalue weighted by Gasteiger charge is -2.30. The predicted molar refractivity (Wildman–Crippen MR) is 86.7 cm³/mol. The SMILES string of the molecule is CC1(C)CN(c2cnn(Cc3ccccc3)c2)CCCN1. The fourth-order valence-electron chi connectivity index (χ4n) is 2.90. The van der Waals surface area contributed by atoms with Gasteiger partial charge < -0.3 is 10.2 Å². The molecule has 1 fully saturated rings. The lowest BCUT2D eigenvalue weighted by Crippen LogP contribution is -2.46. The van der Waals surface area contributed by atoms with Gasteiger partial charge in [-0.2, -0.15) is 5.10 Å². The van der Waals surface area contributed by atoms with Crippen molar-refractivity contribution in [2.24, 2.45) is 0 Å². The van der Waals surface area contributed by atoms with Gasteiger partial charge in [-0.05, 0) is 32.4 Å². The molecular formula is C17H24N4. The Bertz CT molecular complexity index is 573. The van der Waals surface area contributed by atoms with Crippen molar-refractivity contribution >= 4 is 5.69 Å². The van der Waals surface area contributed by atoms with Crippen molar-refractivity contribution in [2.45, 2.75) is 32.4 Å². The average Bonchev–Trinajstić information content (AvgIpc) is 2.84. The molecule has 1 saturated heterocycles. The second-order valence-corrected chi connectivity index (χ2v) is 6.47. The first-order valence-corrected chi connectivity index (χ1v) is 7.69. The van der Waals surface area contributed by atoms with Gasteiger partial charge in [0.1, 0.15) is 0 Å². The first-order chi connectivity index (χ1) is 10.1. The number of benzene rings is 1. The summed E-state index contributed by atoms with van der Waals surface area (Å²) in [7, 11) is 0. The molecule has 1 aromatic heterocycles. The monoisotopic (exact) mass is 284 g/mol. The summed E-state index contributed by atoms with van der Waals surface area (Å²) in [4.78, 5) is 2.44. The zero-order valence-corrected chi connectivity index (χ0v) is 12.9. The van der Waals surface area contributed by atoms with E-state index in [0.717, 1.165) is 26.2 Å². The summed E-state index contributed by atoms with van der Waals surface area (Å²) in [6, 6.07) is 10.5. The molecule has 0 radical (unpaired) electrons. The van der Waals surface area contributed by atoms with Crippen LogP contribution in [-0.2, 0) is 6.54 Å². The van der Waals surface area contributed by atoms with Gasteiger partial charge in [0.2, 0.25) is 0 Å². The molecule has 1 aliphatic heterocycles. The third-order valence-corrected chi connectivity index (χ3v) is 3.97. The van der Waals surface area contributed by atoms with Crippen LogP contribution in [0.25, 0.3) is 0 Å². The molecule has 2 aromatic rings. The second-order valence-electron chi connectivity index (χ2n) is 6.47. The van der Waals surface area contributed by atoms with E-state index in [9.17, 15) is 0 Å². The number of nitrogens with one attached hydrogen (secondary N) is 1. The van der Waals surface area contributed by atoms with Gasteiger partial charge in [0, 0.05) is 24.8 Å². The first-order valence-electron chi connectivity index (χ1n) is 7.69. The fraction of sp³-hybridized carbons (Fsp3) is 0.471. The molecule has 1 aliphatic rings. The highest BCUT2D eigenvalue weighted by atomic mass is 15.3. The summed E-state index contributed by atoms with van der Waals surface area (Å²) < 4.78 is 2.02. The normalized spacial score (nSPS) is 18.5. The van der Waals surface area contributed by atoms with E-state index in [2.05, 4.69) is 59.6 Å². The highest BCUT2D eigenvalue weighted by Gasteiger charge is 2.24. The zero-order valence-electron chi connectivity index (χ0n) is 12.9. The Balaban J connectivity index is 1.72. The minimum atomic E-state index is 0.151. The van der Waals surface area contributed by atoms with Gasteiger partial charge in [-0.1, -0.05) is 30.3 Å². The molecule has 0 bridgehead atoms. The van der Waals surface area contributed by atoms with Gasteiger partial charge in [0.25, 0.3) is 0 Å². The molecule has 4 nitrogen and oxygen atoms in total. The van der Waals surface area contributed by atoms with Crippen LogP contribution in [0.3, 0.4) is 0 Å². The van der Waals surface area contributed by atoms with Crippen LogP contribution in [-0.4, -0.2) is 35.0 Å². The van der Waals surface area contributed by atoms with E-state index >= 15 is 0 Å². The number of hydrogen-bond donors (Lipinski definition) is 1. The Morgan fingerprint density at radius 2 is 2.05 bits per heavy atom. The van der Waals surface area contributed by atoms with Crippen LogP contribution in [0.4, 0.5) is 5.69 Å². The van der Waals surface area contributed by atoms with Crippen molar-refractivity contribution in [1.29, 1.82) is 0 Å². The fourth-order valence-corrected chi connectivity index (χ4v) is 2.90. The minimum absolute atomic E-state index is 0.151. The van der Waals surface area contributed by atoms with Crippen LogP contribution < -0.4 is 10.2 Å². The molecule has 21 heavy (non-hydrogen) atoms. The molecule has 0 aliphatic carbocycles. The van der Waals surface area contributed by atoms with E-state index in [1.54, 1.807) is 0 Å². The minimum Gasteiger partial charge on any atom is -0.367 e. The molecule has 0 saturated carbocycles. The van der Waals surface area contributed by atoms with E-state index in [4.69, 9.17) is 0 Å². The van der Waals surface area contributed by atoms with Gasteiger partial charge in [0.05, 0.1) is 18.4 Å².